The van der Waals surface area contributed by atoms with Crippen molar-refractivity contribution >= 4 is 23.4 Å². The molecule has 3 amide bonds. The zero-order chi connectivity index (χ0) is 18.5. The first-order valence-electron chi connectivity index (χ1n) is 8.50. The van der Waals surface area contributed by atoms with Crippen LogP contribution in [0.25, 0.3) is 0 Å². The van der Waals surface area contributed by atoms with Crippen LogP contribution in [0, 0.1) is 0 Å². The van der Waals surface area contributed by atoms with Crippen LogP contribution in [0.4, 0.5) is 5.69 Å². The highest BCUT2D eigenvalue weighted by atomic mass is 16.2. The summed E-state index contributed by atoms with van der Waals surface area (Å²) in [5.41, 5.74) is 1.38. The fraction of sp³-hybridized carbons (Fsp3) is 0.263. The number of nitrogens with one attached hydrogen (secondary N) is 2. The molecule has 2 N–H and O–H groups in total. The second-order valence-electron chi connectivity index (χ2n) is 5.99. The summed E-state index contributed by atoms with van der Waals surface area (Å²) >= 11 is 0. The van der Waals surface area contributed by atoms with Crippen molar-refractivity contribution in [3.63, 3.8) is 0 Å². The lowest BCUT2D eigenvalue weighted by atomic mass is 10.1. The van der Waals surface area contributed by atoms with Crippen molar-refractivity contribution in [3.05, 3.63) is 59.9 Å². The van der Waals surface area contributed by atoms with E-state index in [1.807, 2.05) is 6.92 Å². The Hall–Kier alpha value is -3.22. The molecular weight excluding hydrogens is 332 g/mol. The molecule has 2 aromatic rings. The van der Waals surface area contributed by atoms with E-state index in [4.69, 9.17) is 0 Å². The van der Waals surface area contributed by atoms with Crippen LogP contribution in [-0.2, 0) is 4.79 Å². The topological polar surface area (TPSA) is 91.4 Å². The number of aromatic nitrogens is 1. The normalized spacial score (nSPS) is 16.7. The van der Waals surface area contributed by atoms with Crippen molar-refractivity contribution in [2.24, 2.45) is 0 Å². The molecule has 1 aliphatic rings. The smallest absolute Gasteiger partial charge is 0.257 e. The second-order valence-corrected chi connectivity index (χ2v) is 5.99. The van der Waals surface area contributed by atoms with Crippen LogP contribution in [0.2, 0.25) is 0 Å². The fourth-order valence-corrected chi connectivity index (χ4v) is 2.96. The van der Waals surface area contributed by atoms with Gasteiger partial charge in [0.2, 0.25) is 5.91 Å². The van der Waals surface area contributed by atoms with Gasteiger partial charge in [-0.3, -0.25) is 19.4 Å². The maximum absolute atomic E-state index is 12.8. The van der Waals surface area contributed by atoms with E-state index >= 15 is 0 Å². The highest BCUT2D eigenvalue weighted by Gasteiger charge is 2.32. The SMILES string of the molecule is CCC1C(=O)NCCN1C(=O)c1cccc(NC(=O)c2cccnc2)c1. The fourth-order valence-electron chi connectivity index (χ4n) is 2.96. The number of rotatable bonds is 4. The first-order valence-corrected chi connectivity index (χ1v) is 8.50. The predicted octanol–water partition coefficient (Wildman–Crippen LogP) is 1.68. The van der Waals surface area contributed by atoms with E-state index in [0.29, 0.717) is 36.3 Å². The number of piperazine rings is 1. The molecule has 0 aliphatic carbocycles. The van der Waals surface area contributed by atoms with Crippen LogP contribution in [0.1, 0.15) is 34.1 Å². The number of hydrogen-bond acceptors (Lipinski definition) is 4. The van der Waals surface area contributed by atoms with E-state index in [1.54, 1.807) is 47.5 Å². The minimum absolute atomic E-state index is 0.131. The van der Waals surface area contributed by atoms with Gasteiger partial charge in [-0.1, -0.05) is 13.0 Å². The molecule has 2 heterocycles. The van der Waals surface area contributed by atoms with Gasteiger partial charge in [-0.15, -0.1) is 0 Å². The Morgan fingerprint density at radius 1 is 1.27 bits per heavy atom. The molecule has 1 aromatic heterocycles. The number of anilines is 1. The third-order valence-corrected chi connectivity index (χ3v) is 4.27. The monoisotopic (exact) mass is 352 g/mol. The Balaban J connectivity index is 1.77. The lowest BCUT2D eigenvalue weighted by molar-refractivity contribution is -0.127. The van der Waals surface area contributed by atoms with Gasteiger partial charge < -0.3 is 15.5 Å². The number of benzene rings is 1. The third-order valence-electron chi connectivity index (χ3n) is 4.27. The summed E-state index contributed by atoms with van der Waals surface area (Å²) in [6.45, 7) is 2.79. The largest absolute Gasteiger partial charge is 0.353 e. The molecule has 1 saturated heterocycles. The predicted molar refractivity (Wildman–Crippen MR) is 96.8 cm³/mol. The number of pyridine rings is 1. The van der Waals surface area contributed by atoms with Crippen molar-refractivity contribution in [2.45, 2.75) is 19.4 Å². The average molecular weight is 352 g/mol. The molecule has 1 aromatic carbocycles. The van der Waals surface area contributed by atoms with Crippen LogP contribution < -0.4 is 10.6 Å². The molecule has 1 fully saturated rings. The standard InChI is InChI=1S/C19H20N4O3/c1-2-16-18(25)21-9-10-23(16)19(26)13-5-3-7-15(11-13)22-17(24)14-6-4-8-20-12-14/h3-8,11-12,16H,2,9-10H2,1H3,(H,21,25)(H,22,24). The quantitative estimate of drug-likeness (QED) is 0.876. The summed E-state index contributed by atoms with van der Waals surface area (Å²) in [5, 5.41) is 5.54. The molecule has 0 radical (unpaired) electrons. The van der Waals surface area contributed by atoms with Gasteiger partial charge in [0.25, 0.3) is 11.8 Å². The van der Waals surface area contributed by atoms with Crippen LogP contribution in [-0.4, -0.2) is 46.7 Å². The molecule has 3 rings (SSSR count). The van der Waals surface area contributed by atoms with Gasteiger partial charge in [0.05, 0.1) is 5.56 Å². The summed E-state index contributed by atoms with van der Waals surface area (Å²) in [4.78, 5) is 42.6. The second kappa shape index (κ2) is 7.77. The molecule has 1 unspecified atom stereocenters. The van der Waals surface area contributed by atoms with E-state index in [0.717, 1.165) is 0 Å². The van der Waals surface area contributed by atoms with Gasteiger partial charge >= 0.3 is 0 Å². The third kappa shape index (κ3) is 3.72. The zero-order valence-corrected chi connectivity index (χ0v) is 14.4. The van der Waals surface area contributed by atoms with Gasteiger partial charge in [-0.25, -0.2) is 0 Å². The van der Waals surface area contributed by atoms with E-state index in [9.17, 15) is 14.4 Å². The Kier molecular flexibility index (Phi) is 5.26. The highest BCUT2D eigenvalue weighted by molar-refractivity contribution is 6.05. The number of hydrogen-bond donors (Lipinski definition) is 2. The van der Waals surface area contributed by atoms with Crippen LogP contribution in [0.3, 0.4) is 0 Å². The molecular formula is C19H20N4O3. The van der Waals surface area contributed by atoms with Gasteiger partial charge in [0.1, 0.15) is 6.04 Å². The molecule has 0 spiro atoms. The van der Waals surface area contributed by atoms with Crippen LogP contribution in [0.15, 0.2) is 48.8 Å². The maximum Gasteiger partial charge on any atom is 0.257 e. The van der Waals surface area contributed by atoms with Crippen molar-refractivity contribution in [1.82, 2.24) is 15.2 Å². The lowest BCUT2D eigenvalue weighted by Gasteiger charge is -2.34. The minimum atomic E-state index is -0.468. The van der Waals surface area contributed by atoms with E-state index in [2.05, 4.69) is 15.6 Å². The van der Waals surface area contributed by atoms with E-state index in [-0.39, 0.29) is 17.7 Å². The highest BCUT2D eigenvalue weighted by Crippen LogP contribution is 2.17. The van der Waals surface area contributed by atoms with Crippen molar-refractivity contribution in [1.29, 1.82) is 0 Å². The van der Waals surface area contributed by atoms with Gasteiger partial charge in [0, 0.05) is 36.7 Å². The van der Waals surface area contributed by atoms with Crippen molar-refractivity contribution in [3.8, 4) is 0 Å². The van der Waals surface area contributed by atoms with Crippen molar-refractivity contribution < 1.29 is 14.4 Å². The molecule has 26 heavy (non-hydrogen) atoms. The first-order chi connectivity index (χ1) is 12.6. The Morgan fingerprint density at radius 3 is 2.81 bits per heavy atom. The van der Waals surface area contributed by atoms with E-state index in [1.165, 1.54) is 6.20 Å². The molecule has 134 valence electrons. The molecule has 1 atom stereocenters. The maximum atomic E-state index is 12.8. The summed E-state index contributed by atoms with van der Waals surface area (Å²) < 4.78 is 0. The van der Waals surface area contributed by atoms with E-state index < -0.39 is 6.04 Å². The minimum Gasteiger partial charge on any atom is -0.353 e. The Bertz CT molecular complexity index is 823. The summed E-state index contributed by atoms with van der Waals surface area (Å²) in [5.74, 6) is -0.649. The number of amides is 3. The summed E-state index contributed by atoms with van der Waals surface area (Å²) in [6.07, 6.45) is 3.62. The molecule has 7 heteroatoms. The summed E-state index contributed by atoms with van der Waals surface area (Å²) in [6, 6.07) is 9.60. The molecule has 1 aliphatic heterocycles. The average Bonchev–Trinajstić information content (AvgIpc) is 2.68. The number of nitrogens with zero attached hydrogens (tertiary/aromatic N) is 2. The zero-order valence-electron chi connectivity index (χ0n) is 14.4. The van der Waals surface area contributed by atoms with Crippen molar-refractivity contribution in [2.75, 3.05) is 18.4 Å². The first kappa shape index (κ1) is 17.6. The molecule has 0 saturated carbocycles. The Labute approximate surface area is 151 Å². The lowest BCUT2D eigenvalue weighted by Crippen LogP contribution is -2.56. The molecule has 7 nitrogen and oxygen atoms in total. The summed E-state index contributed by atoms with van der Waals surface area (Å²) in [7, 11) is 0. The number of carbonyl (C=O) groups is 3. The molecule has 0 bridgehead atoms. The van der Waals surface area contributed by atoms with Crippen LogP contribution >= 0.6 is 0 Å². The van der Waals surface area contributed by atoms with Gasteiger partial charge in [-0.2, -0.15) is 0 Å². The Morgan fingerprint density at radius 2 is 2.08 bits per heavy atom. The van der Waals surface area contributed by atoms with Gasteiger partial charge in [0.15, 0.2) is 0 Å². The van der Waals surface area contributed by atoms with Gasteiger partial charge in [-0.05, 0) is 36.8 Å². The number of carbonyl (C=O) groups excluding carboxylic acids is 3. The van der Waals surface area contributed by atoms with Crippen LogP contribution in [0.5, 0.6) is 0 Å².